The Hall–Kier alpha value is -1.02. The molecule has 2 heteroatoms. The zero-order valence-electron chi connectivity index (χ0n) is 11.6. The maximum absolute atomic E-state index is 6.11. The lowest BCUT2D eigenvalue weighted by atomic mass is 10.1. The maximum atomic E-state index is 6.11. The molecule has 0 bridgehead atoms. The van der Waals surface area contributed by atoms with Crippen LogP contribution in [0.3, 0.4) is 0 Å². The van der Waals surface area contributed by atoms with Crippen molar-refractivity contribution in [1.82, 2.24) is 5.32 Å². The summed E-state index contributed by atoms with van der Waals surface area (Å²) in [5.74, 6) is 1.02. The first-order chi connectivity index (χ1) is 8.83. The molecule has 1 aliphatic rings. The van der Waals surface area contributed by atoms with Crippen LogP contribution in [-0.2, 0) is 6.42 Å². The van der Waals surface area contributed by atoms with Crippen LogP contribution in [0.1, 0.15) is 45.1 Å². The molecule has 18 heavy (non-hydrogen) atoms. The number of ether oxygens (including phenoxy) is 1. The summed E-state index contributed by atoms with van der Waals surface area (Å²) < 4.78 is 6.11. The van der Waals surface area contributed by atoms with E-state index >= 15 is 0 Å². The molecular formula is C16H25NO. The first-order valence-electron chi connectivity index (χ1n) is 7.32. The largest absolute Gasteiger partial charge is 0.489 e. The van der Waals surface area contributed by atoms with Crippen LogP contribution in [0.25, 0.3) is 0 Å². The van der Waals surface area contributed by atoms with Gasteiger partial charge in [0.1, 0.15) is 11.9 Å². The van der Waals surface area contributed by atoms with Crippen molar-refractivity contribution >= 4 is 0 Å². The third-order valence-electron chi connectivity index (χ3n) is 3.67. The Balaban J connectivity index is 1.92. The topological polar surface area (TPSA) is 21.3 Å². The fourth-order valence-electron chi connectivity index (χ4n) is 2.76. The average molecular weight is 247 g/mol. The molecule has 0 heterocycles. The van der Waals surface area contributed by atoms with E-state index in [-0.39, 0.29) is 0 Å². The summed E-state index contributed by atoms with van der Waals surface area (Å²) in [5, 5.41) is 3.52. The molecule has 1 aliphatic carbocycles. The third kappa shape index (κ3) is 3.49. The molecule has 0 aromatic heterocycles. The number of hydrogen-bond donors (Lipinski definition) is 1. The molecule has 1 fully saturated rings. The van der Waals surface area contributed by atoms with Crippen LogP contribution in [0.4, 0.5) is 0 Å². The monoisotopic (exact) mass is 247 g/mol. The predicted molar refractivity (Wildman–Crippen MR) is 76.2 cm³/mol. The van der Waals surface area contributed by atoms with Crippen LogP contribution in [0.2, 0.25) is 0 Å². The highest BCUT2D eigenvalue weighted by Crippen LogP contribution is 2.25. The molecule has 0 aliphatic heterocycles. The molecule has 2 rings (SSSR count). The SMILES string of the molecule is CCCc1ccc(OC2CCCC2NCC)cc1. The molecule has 0 amide bonds. The molecule has 0 radical (unpaired) electrons. The van der Waals surface area contributed by atoms with E-state index in [0.717, 1.165) is 18.7 Å². The second-order valence-corrected chi connectivity index (χ2v) is 5.15. The van der Waals surface area contributed by atoms with Gasteiger partial charge >= 0.3 is 0 Å². The molecule has 1 saturated carbocycles. The molecule has 2 unspecified atom stereocenters. The quantitative estimate of drug-likeness (QED) is 0.830. The van der Waals surface area contributed by atoms with E-state index in [9.17, 15) is 0 Å². The Morgan fingerprint density at radius 2 is 1.94 bits per heavy atom. The molecule has 1 N–H and O–H groups in total. The van der Waals surface area contributed by atoms with Crippen molar-refractivity contribution in [3.05, 3.63) is 29.8 Å². The summed E-state index contributed by atoms with van der Waals surface area (Å²) >= 11 is 0. The first-order valence-corrected chi connectivity index (χ1v) is 7.32. The number of hydrogen-bond acceptors (Lipinski definition) is 2. The number of likely N-dealkylation sites (N-methyl/N-ethyl adjacent to an activating group) is 1. The van der Waals surface area contributed by atoms with E-state index in [1.165, 1.54) is 31.2 Å². The molecule has 2 nitrogen and oxygen atoms in total. The van der Waals surface area contributed by atoms with Gasteiger partial charge in [-0.05, 0) is 49.9 Å². The molecular weight excluding hydrogens is 222 g/mol. The molecule has 1 aromatic carbocycles. The molecule has 1 aromatic rings. The fraction of sp³-hybridized carbons (Fsp3) is 0.625. The van der Waals surface area contributed by atoms with Crippen LogP contribution in [-0.4, -0.2) is 18.7 Å². The zero-order chi connectivity index (χ0) is 12.8. The molecule has 0 spiro atoms. The van der Waals surface area contributed by atoms with Gasteiger partial charge in [-0.3, -0.25) is 0 Å². The van der Waals surface area contributed by atoms with Crippen LogP contribution in [0.15, 0.2) is 24.3 Å². The van der Waals surface area contributed by atoms with Crippen LogP contribution < -0.4 is 10.1 Å². The highest BCUT2D eigenvalue weighted by molar-refractivity contribution is 5.27. The van der Waals surface area contributed by atoms with E-state index in [1.807, 2.05) is 0 Å². The van der Waals surface area contributed by atoms with Gasteiger partial charge < -0.3 is 10.1 Å². The van der Waals surface area contributed by atoms with E-state index < -0.39 is 0 Å². The average Bonchev–Trinajstić information content (AvgIpc) is 2.80. The summed E-state index contributed by atoms with van der Waals surface area (Å²) in [5.41, 5.74) is 1.40. The maximum Gasteiger partial charge on any atom is 0.119 e. The molecule has 2 atom stereocenters. The van der Waals surface area contributed by atoms with Gasteiger partial charge in [0.25, 0.3) is 0 Å². The standard InChI is InChI=1S/C16H25NO/c1-3-6-13-9-11-14(12-10-13)18-16-8-5-7-15(16)17-4-2/h9-12,15-17H,3-8H2,1-2H3. The van der Waals surface area contributed by atoms with Crippen LogP contribution >= 0.6 is 0 Å². The van der Waals surface area contributed by atoms with Gasteiger partial charge in [-0.25, -0.2) is 0 Å². The van der Waals surface area contributed by atoms with Crippen LogP contribution in [0.5, 0.6) is 5.75 Å². The summed E-state index contributed by atoms with van der Waals surface area (Å²) in [6.45, 7) is 5.40. The molecule has 0 saturated heterocycles. The van der Waals surface area contributed by atoms with Gasteiger partial charge in [0.2, 0.25) is 0 Å². The highest BCUT2D eigenvalue weighted by Gasteiger charge is 2.27. The van der Waals surface area contributed by atoms with Crippen molar-refractivity contribution in [2.24, 2.45) is 0 Å². The van der Waals surface area contributed by atoms with Crippen molar-refractivity contribution in [3.8, 4) is 5.75 Å². The van der Waals surface area contributed by atoms with Crippen molar-refractivity contribution in [1.29, 1.82) is 0 Å². The summed E-state index contributed by atoms with van der Waals surface area (Å²) in [6.07, 6.45) is 6.40. The molecule has 100 valence electrons. The Labute approximate surface area is 111 Å². The number of aryl methyl sites for hydroxylation is 1. The number of benzene rings is 1. The predicted octanol–water partition coefficient (Wildman–Crippen LogP) is 3.55. The Bertz CT molecular complexity index is 347. The third-order valence-corrected chi connectivity index (χ3v) is 3.67. The Kier molecular flexibility index (Phi) is 5.06. The normalized spacial score (nSPS) is 23.2. The zero-order valence-corrected chi connectivity index (χ0v) is 11.6. The smallest absolute Gasteiger partial charge is 0.119 e. The van der Waals surface area contributed by atoms with Gasteiger partial charge in [0, 0.05) is 6.04 Å². The van der Waals surface area contributed by atoms with Gasteiger partial charge in [-0.15, -0.1) is 0 Å². The van der Waals surface area contributed by atoms with Gasteiger partial charge in [0.05, 0.1) is 0 Å². The lowest BCUT2D eigenvalue weighted by molar-refractivity contribution is 0.176. The second-order valence-electron chi connectivity index (χ2n) is 5.15. The minimum Gasteiger partial charge on any atom is -0.489 e. The van der Waals surface area contributed by atoms with Gasteiger partial charge in [-0.1, -0.05) is 32.4 Å². The van der Waals surface area contributed by atoms with E-state index in [2.05, 4.69) is 43.4 Å². The summed E-state index contributed by atoms with van der Waals surface area (Å²) in [6, 6.07) is 9.15. The van der Waals surface area contributed by atoms with Crippen molar-refractivity contribution in [2.75, 3.05) is 6.54 Å². The summed E-state index contributed by atoms with van der Waals surface area (Å²) in [7, 11) is 0. The van der Waals surface area contributed by atoms with Crippen molar-refractivity contribution < 1.29 is 4.74 Å². The minimum atomic E-state index is 0.349. The van der Waals surface area contributed by atoms with E-state index in [0.29, 0.717) is 12.1 Å². The minimum absolute atomic E-state index is 0.349. The number of rotatable bonds is 6. The van der Waals surface area contributed by atoms with Crippen molar-refractivity contribution in [3.63, 3.8) is 0 Å². The lowest BCUT2D eigenvalue weighted by Crippen LogP contribution is -2.38. The number of nitrogens with one attached hydrogen (secondary N) is 1. The Morgan fingerprint density at radius 1 is 1.17 bits per heavy atom. The highest BCUT2D eigenvalue weighted by atomic mass is 16.5. The van der Waals surface area contributed by atoms with Crippen molar-refractivity contribution in [2.45, 2.75) is 58.1 Å². The van der Waals surface area contributed by atoms with Gasteiger partial charge in [0.15, 0.2) is 0 Å². The van der Waals surface area contributed by atoms with Crippen LogP contribution in [0, 0.1) is 0 Å². The van der Waals surface area contributed by atoms with Gasteiger partial charge in [-0.2, -0.15) is 0 Å². The fourth-order valence-corrected chi connectivity index (χ4v) is 2.76. The Morgan fingerprint density at radius 3 is 2.61 bits per heavy atom. The summed E-state index contributed by atoms with van der Waals surface area (Å²) in [4.78, 5) is 0. The second kappa shape index (κ2) is 6.79. The first kappa shape index (κ1) is 13.4. The lowest BCUT2D eigenvalue weighted by Gasteiger charge is -2.22. The van der Waals surface area contributed by atoms with E-state index in [4.69, 9.17) is 4.74 Å². The van der Waals surface area contributed by atoms with E-state index in [1.54, 1.807) is 0 Å².